The van der Waals surface area contributed by atoms with Gasteiger partial charge in [-0.2, -0.15) is 0 Å². The Balaban J connectivity index is -0.000000143. The molecule has 3 nitrogen and oxygen atoms in total. The lowest BCUT2D eigenvalue weighted by Gasteiger charge is -2.04. The minimum absolute atomic E-state index is 0. The molecule has 0 rings (SSSR count). The highest BCUT2D eigenvalue weighted by atomic mass is 16.5. The van der Waals surface area contributed by atoms with Gasteiger partial charge >= 0.3 is 0 Å². The molecule has 0 spiro atoms. The average Bonchev–Trinajstić information content (AvgIpc) is 1.87. The maximum atomic E-state index is 4.73. The highest BCUT2D eigenvalue weighted by molar-refractivity contribution is 4.42. The normalized spacial score (nSPS) is 9.23. The minimum Gasteiger partial charge on any atom is -0.369 e. The van der Waals surface area contributed by atoms with E-state index in [9.17, 15) is 0 Å². The molecular weight excluding hydrogens is 164 g/mol. The highest BCUT2D eigenvalue weighted by Crippen LogP contribution is 1.83. The number of ether oxygens (including phenoxy) is 1. The molecule has 0 aromatic carbocycles. The second-order valence-corrected chi connectivity index (χ2v) is 3.45. The van der Waals surface area contributed by atoms with E-state index in [2.05, 4.69) is 19.2 Å². The standard InChI is InChI=1S/C5H13N.C4H11NO.CH4/c2*1-5(2)4-6-3;/h5-6H,4H2,1-3H3;4H2,1-3H3;1H4. The quantitative estimate of drug-likeness (QED) is 0.686. The predicted molar refractivity (Wildman–Crippen MR) is 61.1 cm³/mol. The molecule has 0 atom stereocenters. The second-order valence-electron chi connectivity index (χ2n) is 3.45. The molecule has 0 bridgehead atoms. The van der Waals surface area contributed by atoms with E-state index in [-0.39, 0.29) is 7.43 Å². The van der Waals surface area contributed by atoms with E-state index in [1.807, 2.05) is 26.0 Å². The highest BCUT2D eigenvalue weighted by Gasteiger charge is 1.84. The Kier molecular flexibility index (Phi) is 20.6. The van der Waals surface area contributed by atoms with E-state index in [1.165, 1.54) is 0 Å². The van der Waals surface area contributed by atoms with Crippen LogP contribution in [0.5, 0.6) is 0 Å². The van der Waals surface area contributed by atoms with Crippen LogP contribution < -0.4 is 5.32 Å². The number of methoxy groups -OCH3 is 1. The van der Waals surface area contributed by atoms with Crippen LogP contribution in [0.1, 0.15) is 21.3 Å². The molecule has 13 heavy (non-hydrogen) atoms. The first-order valence-electron chi connectivity index (χ1n) is 4.32. The zero-order valence-electron chi connectivity index (χ0n) is 9.35. The largest absolute Gasteiger partial charge is 0.369 e. The lowest BCUT2D eigenvalue weighted by Crippen LogP contribution is -2.13. The number of hydrogen-bond acceptors (Lipinski definition) is 3. The predicted octanol–water partition coefficient (Wildman–Crippen LogP) is 1.65. The Morgan fingerprint density at radius 1 is 1.31 bits per heavy atom. The summed E-state index contributed by atoms with van der Waals surface area (Å²) in [6.45, 7) is 6.22. The van der Waals surface area contributed by atoms with Crippen molar-refractivity contribution < 1.29 is 4.74 Å². The summed E-state index contributed by atoms with van der Waals surface area (Å²) in [4.78, 5) is 1.96. The molecule has 0 unspecified atom stereocenters. The smallest absolute Gasteiger partial charge is 0.0981 e. The van der Waals surface area contributed by atoms with E-state index in [0.717, 1.165) is 12.5 Å². The lowest BCUT2D eigenvalue weighted by atomic mass is 10.2. The van der Waals surface area contributed by atoms with Crippen molar-refractivity contribution in [3.8, 4) is 0 Å². The van der Waals surface area contributed by atoms with Crippen molar-refractivity contribution in [2.75, 3.05) is 41.5 Å². The molecule has 0 aliphatic rings. The second kappa shape index (κ2) is 14.4. The van der Waals surface area contributed by atoms with Crippen LogP contribution in [0.2, 0.25) is 0 Å². The topological polar surface area (TPSA) is 24.5 Å². The fraction of sp³-hybridized carbons (Fsp3) is 1.00. The summed E-state index contributed by atoms with van der Waals surface area (Å²) in [5.74, 6) is 0.787. The molecule has 3 heteroatoms. The molecule has 0 saturated carbocycles. The Labute approximate surface area is 84.5 Å². The van der Waals surface area contributed by atoms with Gasteiger partial charge in [-0.1, -0.05) is 21.3 Å². The Bertz CT molecular complexity index is 65.3. The van der Waals surface area contributed by atoms with Crippen LogP contribution in [0.25, 0.3) is 0 Å². The van der Waals surface area contributed by atoms with Gasteiger partial charge in [0.1, 0.15) is 0 Å². The third-order valence-electron chi connectivity index (χ3n) is 1.000. The molecule has 0 heterocycles. The Hall–Kier alpha value is -0.120. The van der Waals surface area contributed by atoms with Gasteiger partial charge < -0.3 is 10.1 Å². The van der Waals surface area contributed by atoms with E-state index < -0.39 is 0 Å². The third kappa shape index (κ3) is 33.5. The van der Waals surface area contributed by atoms with E-state index in [4.69, 9.17) is 4.74 Å². The van der Waals surface area contributed by atoms with Gasteiger partial charge in [0.15, 0.2) is 0 Å². The van der Waals surface area contributed by atoms with Crippen molar-refractivity contribution >= 4 is 0 Å². The summed E-state index contributed by atoms with van der Waals surface area (Å²) < 4.78 is 4.73. The van der Waals surface area contributed by atoms with Crippen LogP contribution in [0, 0.1) is 5.92 Å². The maximum absolute atomic E-state index is 4.73. The van der Waals surface area contributed by atoms with Crippen LogP contribution in [0.4, 0.5) is 0 Å². The molecule has 0 aromatic rings. The van der Waals surface area contributed by atoms with Crippen LogP contribution in [0.3, 0.4) is 0 Å². The number of nitrogens with zero attached hydrogens (tertiary/aromatic N) is 1. The maximum Gasteiger partial charge on any atom is 0.0981 e. The molecule has 0 fully saturated rings. The van der Waals surface area contributed by atoms with Gasteiger partial charge in [0.2, 0.25) is 0 Å². The summed E-state index contributed by atoms with van der Waals surface area (Å²) in [5.41, 5.74) is 0. The molecule has 84 valence electrons. The molecule has 0 amide bonds. The molecule has 0 saturated heterocycles. The van der Waals surface area contributed by atoms with Gasteiger partial charge in [0, 0.05) is 7.11 Å². The first-order valence-corrected chi connectivity index (χ1v) is 4.32. The Morgan fingerprint density at radius 2 is 1.77 bits per heavy atom. The number of rotatable bonds is 4. The molecule has 0 aliphatic heterocycles. The zero-order chi connectivity index (χ0) is 9.98. The molecule has 0 radical (unpaired) electrons. The number of hydrogen-bond donors (Lipinski definition) is 1. The van der Waals surface area contributed by atoms with Gasteiger partial charge in [0.05, 0.1) is 6.73 Å². The average molecular weight is 192 g/mol. The first kappa shape index (κ1) is 18.6. The monoisotopic (exact) mass is 192 g/mol. The van der Waals surface area contributed by atoms with Crippen molar-refractivity contribution in [1.29, 1.82) is 0 Å². The fourth-order valence-corrected chi connectivity index (χ4v) is 0.666. The van der Waals surface area contributed by atoms with Crippen molar-refractivity contribution in [1.82, 2.24) is 10.2 Å². The van der Waals surface area contributed by atoms with Crippen LogP contribution in [0.15, 0.2) is 0 Å². The minimum atomic E-state index is 0. The SMILES string of the molecule is C.CNCC(C)C.COCN(C)C. The fourth-order valence-electron chi connectivity index (χ4n) is 0.666. The summed E-state index contributed by atoms with van der Waals surface area (Å²) in [7, 11) is 7.58. The lowest BCUT2D eigenvalue weighted by molar-refractivity contribution is 0.0994. The van der Waals surface area contributed by atoms with Crippen molar-refractivity contribution in [2.45, 2.75) is 21.3 Å². The molecular formula is C10H28N2O. The molecule has 1 N–H and O–H groups in total. The van der Waals surface area contributed by atoms with Gasteiger partial charge in [-0.3, -0.25) is 4.90 Å². The van der Waals surface area contributed by atoms with E-state index in [1.54, 1.807) is 7.11 Å². The summed E-state index contributed by atoms with van der Waals surface area (Å²) in [6, 6.07) is 0. The van der Waals surface area contributed by atoms with Gasteiger partial charge in [0.25, 0.3) is 0 Å². The molecule has 0 aromatic heterocycles. The van der Waals surface area contributed by atoms with Gasteiger partial charge in [-0.05, 0) is 33.6 Å². The van der Waals surface area contributed by atoms with Crippen LogP contribution in [-0.4, -0.2) is 46.4 Å². The third-order valence-corrected chi connectivity index (χ3v) is 1.000. The number of nitrogens with one attached hydrogen (secondary N) is 1. The summed E-state index contributed by atoms with van der Waals surface area (Å²) in [5, 5.41) is 3.07. The molecule has 0 aliphatic carbocycles. The first-order chi connectivity index (χ1) is 5.54. The van der Waals surface area contributed by atoms with E-state index >= 15 is 0 Å². The van der Waals surface area contributed by atoms with E-state index in [0.29, 0.717) is 6.73 Å². The van der Waals surface area contributed by atoms with Crippen LogP contribution >= 0.6 is 0 Å². The van der Waals surface area contributed by atoms with Crippen molar-refractivity contribution in [2.24, 2.45) is 5.92 Å². The summed E-state index contributed by atoms with van der Waals surface area (Å²) >= 11 is 0. The van der Waals surface area contributed by atoms with Crippen molar-refractivity contribution in [3.05, 3.63) is 0 Å². The zero-order valence-corrected chi connectivity index (χ0v) is 9.35. The Morgan fingerprint density at radius 3 is 1.77 bits per heavy atom. The van der Waals surface area contributed by atoms with Crippen LogP contribution in [-0.2, 0) is 4.74 Å². The van der Waals surface area contributed by atoms with Gasteiger partial charge in [-0.25, -0.2) is 0 Å². The summed E-state index contributed by atoms with van der Waals surface area (Å²) in [6.07, 6.45) is 0. The van der Waals surface area contributed by atoms with Gasteiger partial charge in [-0.15, -0.1) is 0 Å². The van der Waals surface area contributed by atoms with Crippen molar-refractivity contribution in [3.63, 3.8) is 0 Å².